The van der Waals surface area contributed by atoms with E-state index in [0.29, 0.717) is 11.3 Å². The monoisotopic (exact) mass is 350 g/mol. The summed E-state index contributed by atoms with van der Waals surface area (Å²) in [6.07, 6.45) is 8.58. The zero-order chi connectivity index (χ0) is 16.9. The van der Waals surface area contributed by atoms with E-state index in [4.69, 9.17) is 0 Å². The van der Waals surface area contributed by atoms with Crippen molar-refractivity contribution < 1.29 is 4.21 Å². The SMILES string of the molecule is CCS(=O)C1CCCC(Nc2cc(N3CCCC(C)C3)ncn2)C1. The molecule has 0 aromatic carbocycles. The van der Waals surface area contributed by atoms with Crippen LogP contribution in [0.3, 0.4) is 0 Å². The van der Waals surface area contributed by atoms with Gasteiger partial charge in [-0.2, -0.15) is 0 Å². The molecule has 3 rings (SSSR count). The molecule has 1 aromatic rings. The fourth-order valence-electron chi connectivity index (χ4n) is 3.96. The predicted molar refractivity (Wildman–Crippen MR) is 101 cm³/mol. The standard InChI is InChI=1S/C18H30N4OS/c1-3-24(23)16-8-4-7-15(10-16)21-17-11-18(20-13-19-17)22-9-5-6-14(2)12-22/h11,13-16H,3-10,12H2,1-2H3,(H,19,20,21). The van der Waals surface area contributed by atoms with Crippen LogP contribution in [0.25, 0.3) is 0 Å². The first-order valence-electron chi connectivity index (χ1n) is 9.36. The zero-order valence-electron chi connectivity index (χ0n) is 14.9. The number of rotatable bonds is 5. The van der Waals surface area contributed by atoms with Crippen molar-refractivity contribution in [3.8, 4) is 0 Å². The largest absolute Gasteiger partial charge is 0.367 e. The molecule has 0 spiro atoms. The van der Waals surface area contributed by atoms with E-state index < -0.39 is 10.8 Å². The molecule has 0 amide bonds. The molecular weight excluding hydrogens is 320 g/mol. The van der Waals surface area contributed by atoms with Crippen molar-refractivity contribution in [3.63, 3.8) is 0 Å². The highest BCUT2D eigenvalue weighted by Crippen LogP contribution is 2.27. The van der Waals surface area contributed by atoms with E-state index in [2.05, 4.69) is 33.2 Å². The predicted octanol–water partition coefficient (Wildman–Crippen LogP) is 3.20. The van der Waals surface area contributed by atoms with Crippen molar-refractivity contribution in [2.75, 3.05) is 29.1 Å². The Bertz CT molecular complexity index is 568. The quantitative estimate of drug-likeness (QED) is 0.884. The van der Waals surface area contributed by atoms with Crippen molar-refractivity contribution in [1.29, 1.82) is 0 Å². The smallest absolute Gasteiger partial charge is 0.134 e. The van der Waals surface area contributed by atoms with Gasteiger partial charge in [-0.05, 0) is 38.0 Å². The molecule has 1 N–H and O–H groups in total. The maximum absolute atomic E-state index is 12.1. The summed E-state index contributed by atoms with van der Waals surface area (Å²) >= 11 is 0. The lowest BCUT2D eigenvalue weighted by Gasteiger charge is -2.32. The average Bonchev–Trinajstić information content (AvgIpc) is 2.61. The fraction of sp³-hybridized carbons (Fsp3) is 0.778. The molecule has 4 unspecified atom stereocenters. The Morgan fingerprint density at radius 3 is 2.96 bits per heavy atom. The van der Waals surface area contributed by atoms with E-state index in [1.165, 1.54) is 12.8 Å². The first kappa shape index (κ1) is 17.6. The van der Waals surface area contributed by atoms with Crippen LogP contribution in [0, 0.1) is 5.92 Å². The van der Waals surface area contributed by atoms with Crippen LogP contribution in [0.1, 0.15) is 52.4 Å². The fourth-order valence-corrected chi connectivity index (χ4v) is 5.30. The van der Waals surface area contributed by atoms with Gasteiger partial charge in [0.2, 0.25) is 0 Å². The topological polar surface area (TPSA) is 58.1 Å². The summed E-state index contributed by atoms with van der Waals surface area (Å²) in [5.74, 6) is 3.44. The van der Waals surface area contributed by atoms with Crippen LogP contribution in [0.4, 0.5) is 11.6 Å². The summed E-state index contributed by atoms with van der Waals surface area (Å²) in [6.45, 7) is 6.49. The van der Waals surface area contributed by atoms with Gasteiger partial charge < -0.3 is 10.2 Å². The van der Waals surface area contributed by atoms with Gasteiger partial charge in [-0.15, -0.1) is 0 Å². The summed E-state index contributed by atoms with van der Waals surface area (Å²) in [7, 11) is -0.685. The van der Waals surface area contributed by atoms with Gasteiger partial charge >= 0.3 is 0 Å². The molecule has 1 aromatic heterocycles. The van der Waals surface area contributed by atoms with Crippen LogP contribution in [0.2, 0.25) is 0 Å². The normalized spacial score (nSPS) is 29.2. The molecule has 1 saturated carbocycles. The first-order valence-corrected chi connectivity index (χ1v) is 10.7. The minimum atomic E-state index is -0.685. The van der Waals surface area contributed by atoms with Crippen molar-refractivity contribution in [1.82, 2.24) is 9.97 Å². The lowest BCUT2D eigenvalue weighted by molar-refractivity contribution is 0.444. The number of hydrogen-bond donors (Lipinski definition) is 1. The molecule has 0 radical (unpaired) electrons. The molecule has 2 aliphatic rings. The zero-order valence-corrected chi connectivity index (χ0v) is 15.7. The molecule has 24 heavy (non-hydrogen) atoms. The van der Waals surface area contributed by atoms with Crippen molar-refractivity contribution in [2.24, 2.45) is 5.92 Å². The van der Waals surface area contributed by atoms with Crippen LogP contribution in [-0.2, 0) is 10.8 Å². The number of piperidine rings is 1. The maximum atomic E-state index is 12.1. The van der Waals surface area contributed by atoms with E-state index in [0.717, 1.165) is 62.1 Å². The number of aromatic nitrogens is 2. The minimum absolute atomic E-state index is 0.338. The molecule has 134 valence electrons. The van der Waals surface area contributed by atoms with Crippen molar-refractivity contribution >= 4 is 22.4 Å². The van der Waals surface area contributed by atoms with E-state index in [1.807, 2.05) is 6.92 Å². The van der Waals surface area contributed by atoms with Crippen molar-refractivity contribution in [3.05, 3.63) is 12.4 Å². The summed E-state index contributed by atoms with van der Waals surface area (Å²) in [6, 6.07) is 2.46. The molecule has 1 saturated heterocycles. The van der Waals surface area contributed by atoms with Gasteiger partial charge in [0.1, 0.15) is 18.0 Å². The Morgan fingerprint density at radius 2 is 2.17 bits per heavy atom. The molecule has 1 aliphatic carbocycles. The minimum Gasteiger partial charge on any atom is -0.367 e. The van der Waals surface area contributed by atoms with Gasteiger partial charge in [0, 0.05) is 47.0 Å². The van der Waals surface area contributed by atoms with Gasteiger partial charge in [-0.25, -0.2) is 9.97 Å². The van der Waals surface area contributed by atoms with Crippen LogP contribution < -0.4 is 10.2 Å². The molecule has 6 heteroatoms. The molecule has 2 heterocycles. The second kappa shape index (κ2) is 8.28. The third-order valence-corrected chi connectivity index (χ3v) is 7.01. The molecule has 5 nitrogen and oxygen atoms in total. The van der Waals surface area contributed by atoms with Crippen LogP contribution >= 0.6 is 0 Å². The van der Waals surface area contributed by atoms with Gasteiger partial charge in [0.25, 0.3) is 0 Å². The molecule has 0 bridgehead atoms. The maximum Gasteiger partial charge on any atom is 0.134 e. The van der Waals surface area contributed by atoms with Gasteiger partial charge in [0.15, 0.2) is 0 Å². The summed E-state index contributed by atoms with van der Waals surface area (Å²) in [4.78, 5) is 11.3. The van der Waals surface area contributed by atoms with Crippen LogP contribution in [-0.4, -0.2) is 44.3 Å². The lowest BCUT2D eigenvalue weighted by Crippen LogP contribution is -2.35. The van der Waals surface area contributed by atoms with E-state index in [9.17, 15) is 4.21 Å². The third-order valence-electron chi connectivity index (χ3n) is 5.27. The van der Waals surface area contributed by atoms with Gasteiger partial charge in [-0.1, -0.05) is 20.3 Å². The van der Waals surface area contributed by atoms with E-state index in [1.54, 1.807) is 6.33 Å². The molecule has 1 aliphatic heterocycles. The molecular formula is C18H30N4OS. The summed E-state index contributed by atoms with van der Waals surface area (Å²) < 4.78 is 12.1. The van der Waals surface area contributed by atoms with Gasteiger partial charge in [0.05, 0.1) is 0 Å². The lowest BCUT2D eigenvalue weighted by atomic mass is 9.95. The second-order valence-corrected chi connectivity index (χ2v) is 9.26. The first-order chi connectivity index (χ1) is 11.7. The second-order valence-electron chi connectivity index (χ2n) is 7.25. The van der Waals surface area contributed by atoms with E-state index in [-0.39, 0.29) is 0 Å². The Labute approximate surface area is 148 Å². The third kappa shape index (κ3) is 4.47. The number of nitrogens with one attached hydrogen (secondary N) is 1. The molecule has 4 atom stereocenters. The number of hydrogen-bond acceptors (Lipinski definition) is 5. The highest BCUT2D eigenvalue weighted by Gasteiger charge is 2.26. The number of anilines is 2. The van der Waals surface area contributed by atoms with E-state index >= 15 is 0 Å². The average molecular weight is 351 g/mol. The van der Waals surface area contributed by atoms with Crippen LogP contribution in [0.15, 0.2) is 12.4 Å². The summed E-state index contributed by atoms with van der Waals surface area (Å²) in [5.41, 5.74) is 0. The summed E-state index contributed by atoms with van der Waals surface area (Å²) in [5, 5.41) is 3.91. The van der Waals surface area contributed by atoms with Gasteiger partial charge in [-0.3, -0.25) is 4.21 Å². The Balaban J connectivity index is 1.63. The number of nitrogens with zero attached hydrogens (tertiary/aromatic N) is 3. The van der Waals surface area contributed by atoms with Crippen molar-refractivity contribution in [2.45, 2.75) is 63.7 Å². The van der Waals surface area contributed by atoms with Crippen LogP contribution in [0.5, 0.6) is 0 Å². The highest BCUT2D eigenvalue weighted by atomic mass is 32.2. The Kier molecular flexibility index (Phi) is 6.09. The Morgan fingerprint density at radius 1 is 1.29 bits per heavy atom. The molecule has 2 fully saturated rings. The highest BCUT2D eigenvalue weighted by molar-refractivity contribution is 7.85. The Hall–Kier alpha value is -1.17.